The number of anilines is 1. The van der Waals surface area contributed by atoms with Crippen LogP contribution in [0, 0.1) is 13.8 Å². The second-order valence-electron chi connectivity index (χ2n) is 4.19. The third kappa shape index (κ3) is 2.18. The number of amides is 1. The molecule has 1 aliphatic rings. The molecular formula is C12H13Br2NO. The molecule has 1 heterocycles. The van der Waals surface area contributed by atoms with Crippen LogP contribution >= 0.6 is 31.9 Å². The highest BCUT2D eigenvalue weighted by molar-refractivity contribution is 9.10. The van der Waals surface area contributed by atoms with E-state index in [-0.39, 0.29) is 10.7 Å². The van der Waals surface area contributed by atoms with Crippen LogP contribution in [0.25, 0.3) is 0 Å². The van der Waals surface area contributed by atoms with E-state index in [0.29, 0.717) is 6.42 Å². The number of hydrogen-bond acceptors (Lipinski definition) is 1. The van der Waals surface area contributed by atoms with E-state index in [2.05, 4.69) is 44.0 Å². The van der Waals surface area contributed by atoms with Gasteiger partial charge in [0.2, 0.25) is 5.91 Å². The van der Waals surface area contributed by atoms with Gasteiger partial charge in [0.1, 0.15) is 0 Å². The van der Waals surface area contributed by atoms with Crippen molar-refractivity contribution >= 4 is 43.5 Å². The highest BCUT2D eigenvalue weighted by Crippen LogP contribution is 2.32. The van der Waals surface area contributed by atoms with Crippen molar-refractivity contribution in [1.82, 2.24) is 0 Å². The van der Waals surface area contributed by atoms with Gasteiger partial charge in [0.25, 0.3) is 0 Å². The summed E-state index contributed by atoms with van der Waals surface area (Å²) in [6, 6.07) is 4.11. The van der Waals surface area contributed by atoms with Crippen molar-refractivity contribution in [3.63, 3.8) is 0 Å². The lowest BCUT2D eigenvalue weighted by molar-refractivity contribution is -0.117. The first-order valence-corrected chi connectivity index (χ1v) is 6.91. The number of benzene rings is 1. The molecule has 0 aromatic heterocycles. The fraction of sp³-hybridized carbons (Fsp3) is 0.417. The molecule has 1 aromatic carbocycles. The summed E-state index contributed by atoms with van der Waals surface area (Å²) in [5, 5.41) is 0. The minimum atomic E-state index is 0.204. The van der Waals surface area contributed by atoms with Crippen molar-refractivity contribution in [2.75, 3.05) is 11.4 Å². The lowest BCUT2D eigenvalue weighted by atomic mass is 10.1. The van der Waals surface area contributed by atoms with Gasteiger partial charge in [0.05, 0.1) is 0 Å². The van der Waals surface area contributed by atoms with Crippen molar-refractivity contribution in [3.05, 3.63) is 27.7 Å². The van der Waals surface area contributed by atoms with Crippen LogP contribution in [0.3, 0.4) is 0 Å². The summed E-state index contributed by atoms with van der Waals surface area (Å²) in [6.45, 7) is 4.85. The van der Waals surface area contributed by atoms with Crippen molar-refractivity contribution in [2.45, 2.75) is 25.1 Å². The number of nitrogens with zero attached hydrogens (tertiary/aromatic N) is 1. The molecular weight excluding hydrogens is 334 g/mol. The topological polar surface area (TPSA) is 20.3 Å². The van der Waals surface area contributed by atoms with E-state index in [4.69, 9.17) is 0 Å². The number of aryl methyl sites for hydroxylation is 2. The monoisotopic (exact) mass is 345 g/mol. The van der Waals surface area contributed by atoms with Gasteiger partial charge in [-0.25, -0.2) is 0 Å². The molecule has 1 saturated heterocycles. The molecule has 2 nitrogen and oxygen atoms in total. The predicted molar refractivity (Wildman–Crippen MR) is 73.3 cm³/mol. The Labute approximate surface area is 112 Å². The molecule has 0 aliphatic carbocycles. The first-order valence-electron chi connectivity index (χ1n) is 5.20. The summed E-state index contributed by atoms with van der Waals surface area (Å²) in [5.41, 5.74) is 3.35. The summed E-state index contributed by atoms with van der Waals surface area (Å²) in [6.07, 6.45) is 0.592. The Morgan fingerprint density at radius 3 is 2.31 bits per heavy atom. The maximum absolute atomic E-state index is 11.9. The highest BCUT2D eigenvalue weighted by atomic mass is 79.9. The standard InChI is InChI=1S/C12H13Br2NO/c1-7-3-9(13)4-8(2)12(7)15-6-10(14)5-11(15)16/h3-4,10H,5-6H2,1-2H3. The molecule has 0 spiro atoms. The average molecular weight is 347 g/mol. The van der Waals surface area contributed by atoms with Gasteiger partial charge in [-0.3, -0.25) is 4.79 Å². The van der Waals surface area contributed by atoms with Crippen LogP contribution in [-0.4, -0.2) is 17.3 Å². The first kappa shape index (κ1) is 12.1. The molecule has 1 fully saturated rings. The van der Waals surface area contributed by atoms with Crippen LogP contribution in [0.5, 0.6) is 0 Å². The third-order valence-corrected chi connectivity index (χ3v) is 3.87. The fourth-order valence-corrected chi connectivity index (χ4v) is 3.46. The smallest absolute Gasteiger partial charge is 0.228 e. The second kappa shape index (κ2) is 4.49. The van der Waals surface area contributed by atoms with Crippen LogP contribution < -0.4 is 4.90 Å². The molecule has 0 saturated carbocycles. The van der Waals surface area contributed by atoms with Crippen LogP contribution in [0.4, 0.5) is 5.69 Å². The number of rotatable bonds is 1. The Kier molecular flexibility index (Phi) is 3.40. The Morgan fingerprint density at radius 1 is 1.31 bits per heavy atom. The van der Waals surface area contributed by atoms with Crippen molar-refractivity contribution in [2.24, 2.45) is 0 Å². The number of halogens is 2. The van der Waals surface area contributed by atoms with E-state index in [1.165, 1.54) is 0 Å². The maximum Gasteiger partial charge on any atom is 0.228 e. The van der Waals surface area contributed by atoms with Crippen molar-refractivity contribution in [1.29, 1.82) is 0 Å². The molecule has 1 aliphatic heterocycles. The molecule has 16 heavy (non-hydrogen) atoms. The van der Waals surface area contributed by atoms with Crippen LogP contribution in [0.15, 0.2) is 16.6 Å². The number of carbonyl (C=O) groups is 1. The number of alkyl halides is 1. The Morgan fingerprint density at radius 2 is 1.88 bits per heavy atom. The van der Waals surface area contributed by atoms with Gasteiger partial charge < -0.3 is 4.90 Å². The van der Waals surface area contributed by atoms with Gasteiger partial charge in [0.15, 0.2) is 0 Å². The van der Waals surface area contributed by atoms with Gasteiger partial charge in [0, 0.05) is 28.0 Å². The van der Waals surface area contributed by atoms with Crippen LogP contribution in [-0.2, 0) is 4.79 Å². The van der Waals surface area contributed by atoms with Gasteiger partial charge in [-0.2, -0.15) is 0 Å². The second-order valence-corrected chi connectivity index (χ2v) is 6.40. The minimum absolute atomic E-state index is 0.204. The van der Waals surface area contributed by atoms with Gasteiger partial charge in [-0.15, -0.1) is 0 Å². The Balaban J connectivity index is 2.44. The summed E-state index contributed by atoms with van der Waals surface area (Å²) in [7, 11) is 0. The molecule has 0 radical (unpaired) electrons. The largest absolute Gasteiger partial charge is 0.311 e. The maximum atomic E-state index is 11.9. The van der Waals surface area contributed by atoms with Crippen molar-refractivity contribution < 1.29 is 4.79 Å². The molecule has 1 unspecified atom stereocenters. The zero-order chi connectivity index (χ0) is 11.9. The van der Waals surface area contributed by atoms with E-state index in [1.807, 2.05) is 18.7 Å². The predicted octanol–water partition coefficient (Wildman–Crippen LogP) is 3.57. The Hall–Kier alpha value is -0.350. The van der Waals surface area contributed by atoms with Crippen LogP contribution in [0.2, 0.25) is 0 Å². The minimum Gasteiger partial charge on any atom is -0.311 e. The van der Waals surface area contributed by atoms with E-state index in [1.54, 1.807) is 0 Å². The van der Waals surface area contributed by atoms with Crippen molar-refractivity contribution in [3.8, 4) is 0 Å². The molecule has 1 aromatic rings. The number of carbonyl (C=O) groups excluding carboxylic acids is 1. The number of hydrogen-bond donors (Lipinski definition) is 0. The summed E-state index contributed by atoms with van der Waals surface area (Å²) in [5.74, 6) is 0.204. The molecule has 0 N–H and O–H groups in total. The molecule has 0 bridgehead atoms. The third-order valence-electron chi connectivity index (χ3n) is 2.80. The average Bonchev–Trinajstić information content (AvgIpc) is 2.43. The SMILES string of the molecule is Cc1cc(Br)cc(C)c1N1CC(Br)CC1=O. The molecule has 4 heteroatoms. The quantitative estimate of drug-likeness (QED) is 0.712. The van der Waals surface area contributed by atoms with Crippen LogP contribution in [0.1, 0.15) is 17.5 Å². The highest BCUT2D eigenvalue weighted by Gasteiger charge is 2.30. The first-order chi connectivity index (χ1) is 7.49. The zero-order valence-electron chi connectivity index (χ0n) is 9.26. The normalized spacial score (nSPS) is 20.6. The van der Waals surface area contributed by atoms with Gasteiger partial charge >= 0.3 is 0 Å². The van der Waals surface area contributed by atoms with Gasteiger partial charge in [-0.05, 0) is 37.1 Å². The molecule has 1 amide bonds. The molecule has 1 atom stereocenters. The summed E-state index contributed by atoms with van der Waals surface area (Å²) >= 11 is 6.98. The summed E-state index contributed by atoms with van der Waals surface area (Å²) in [4.78, 5) is 14.0. The van der Waals surface area contributed by atoms with E-state index in [0.717, 1.165) is 27.8 Å². The Bertz CT molecular complexity index is 422. The fourth-order valence-electron chi connectivity index (χ4n) is 2.21. The lowest BCUT2D eigenvalue weighted by Gasteiger charge is -2.21. The van der Waals surface area contributed by atoms with Gasteiger partial charge in [-0.1, -0.05) is 31.9 Å². The summed E-state index contributed by atoms with van der Waals surface area (Å²) < 4.78 is 1.06. The lowest BCUT2D eigenvalue weighted by Crippen LogP contribution is -2.26. The van der Waals surface area contributed by atoms with E-state index in [9.17, 15) is 4.79 Å². The molecule has 2 rings (SSSR count). The zero-order valence-corrected chi connectivity index (χ0v) is 12.4. The van der Waals surface area contributed by atoms with E-state index >= 15 is 0 Å². The van der Waals surface area contributed by atoms with E-state index < -0.39 is 0 Å². The molecule has 86 valence electrons.